The van der Waals surface area contributed by atoms with Gasteiger partial charge in [0, 0.05) is 31.0 Å². The topological polar surface area (TPSA) is 116 Å². The molecule has 0 bridgehead atoms. The van der Waals surface area contributed by atoms with Crippen LogP contribution in [0.3, 0.4) is 0 Å². The van der Waals surface area contributed by atoms with Crippen LogP contribution in [-0.4, -0.2) is 40.2 Å². The van der Waals surface area contributed by atoms with Gasteiger partial charge in [0.15, 0.2) is 0 Å². The van der Waals surface area contributed by atoms with Gasteiger partial charge in [0.25, 0.3) is 0 Å². The molecule has 2 aliphatic rings. The first-order valence-corrected chi connectivity index (χ1v) is 11.5. The van der Waals surface area contributed by atoms with Gasteiger partial charge in [-0.15, -0.1) is 0 Å². The van der Waals surface area contributed by atoms with Crippen LogP contribution in [0.25, 0.3) is 28.2 Å². The average molecular weight is 442 g/mol. The lowest BCUT2D eigenvalue weighted by Crippen LogP contribution is -2.55. The molecule has 2 fully saturated rings. The van der Waals surface area contributed by atoms with E-state index in [9.17, 15) is 5.26 Å². The Bertz CT molecular complexity index is 1350. The molecule has 33 heavy (non-hydrogen) atoms. The van der Waals surface area contributed by atoms with Crippen LogP contribution >= 0.6 is 0 Å². The Kier molecular flexibility index (Phi) is 4.42. The normalized spacial score (nSPS) is 27.0. The Morgan fingerprint density at radius 2 is 1.97 bits per heavy atom. The monoisotopic (exact) mass is 441 g/mol. The highest BCUT2D eigenvalue weighted by molar-refractivity contribution is 5.77. The van der Waals surface area contributed by atoms with Crippen molar-refractivity contribution in [3.05, 3.63) is 43.1 Å². The first-order valence-electron chi connectivity index (χ1n) is 11.5. The second-order valence-corrected chi connectivity index (χ2v) is 9.93. The van der Waals surface area contributed by atoms with Crippen molar-refractivity contribution in [2.45, 2.75) is 56.5 Å². The third-order valence-corrected chi connectivity index (χ3v) is 7.61. The molecule has 0 radical (unpaired) electrons. The van der Waals surface area contributed by atoms with E-state index in [4.69, 9.17) is 15.8 Å². The maximum Gasteiger partial charge on any atom is 0.112 e. The Balaban J connectivity index is 1.36. The van der Waals surface area contributed by atoms with Gasteiger partial charge in [0.2, 0.25) is 0 Å². The first kappa shape index (κ1) is 20.1. The summed E-state index contributed by atoms with van der Waals surface area (Å²) in [7, 11) is 1.89. The molecule has 9 heteroatoms. The summed E-state index contributed by atoms with van der Waals surface area (Å²) in [6.45, 7) is 0. The maximum atomic E-state index is 9.61. The van der Waals surface area contributed by atoms with Gasteiger partial charge in [0.05, 0.1) is 47.8 Å². The van der Waals surface area contributed by atoms with E-state index in [2.05, 4.69) is 22.5 Å². The van der Waals surface area contributed by atoms with Crippen LogP contribution in [-0.2, 0) is 12.6 Å². The predicted molar refractivity (Wildman–Crippen MR) is 123 cm³/mol. The largest absolute Gasteiger partial charge is 0.328 e. The molecule has 9 nitrogen and oxygen atoms in total. The lowest BCUT2D eigenvalue weighted by Gasteiger charge is -2.58. The maximum absolute atomic E-state index is 9.61. The molecule has 0 aliphatic heterocycles. The lowest BCUT2D eigenvalue weighted by molar-refractivity contribution is -0.0625. The summed E-state index contributed by atoms with van der Waals surface area (Å²) in [4.78, 5) is 4.93. The van der Waals surface area contributed by atoms with Crippen molar-refractivity contribution in [2.24, 2.45) is 18.2 Å². The fraction of sp³-hybridized carbons (Fsp3) is 0.458. The minimum absolute atomic E-state index is 0.246. The van der Waals surface area contributed by atoms with E-state index in [1.807, 2.05) is 47.0 Å². The number of fused-ring (bicyclic) bond motifs is 1. The molecule has 168 valence electrons. The summed E-state index contributed by atoms with van der Waals surface area (Å²) >= 11 is 0. The Hall–Kier alpha value is -3.51. The van der Waals surface area contributed by atoms with Gasteiger partial charge in [0.1, 0.15) is 11.4 Å². The summed E-state index contributed by atoms with van der Waals surface area (Å²) in [6.07, 6.45) is 16.4. The Morgan fingerprint density at radius 1 is 1.15 bits per heavy atom. The highest BCUT2D eigenvalue weighted by atomic mass is 15.3. The SMILES string of the molecule is Cn1ccc(-c2cn3nccc3c(-c3cnn([C@]4(CC#N)CC5(CC[C@H](N)CC5)C4)c3)n2)n1. The fourth-order valence-electron chi connectivity index (χ4n) is 5.98. The van der Waals surface area contributed by atoms with Crippen LogP contribution in [0.15, 0.2) is 43.1 Å². The van der Waals surface area contributed by atoms with Crippen molar-refractivity contribution in [3.63, 3.8) is 0 Å². The number of nitrogens with zero attached hydrogens (tertiary/aromatic N) is 8. The van der Waals surface area contributed by atoms with Crippen molar-refractivity contribution in [1.29, 1.82) is 5.26 Å². The van der Waals surface area contributed by atoms with Crippen molar-refractivity contribution in [1.82, 2.24) is 34.2 Å². The van der Waals surface area contributed by atoms with Gasteiger partial charge < -0.3 is 5.73 Å². The van der Waals surface area contributed by atoms with E-state index >= 15 is 0 Å². The van der Waals surface area contributed by atoms with Crippen LogP contribution in [0.2, 0.25) is 0 Å². The van der Waals surface area contributed by atoms with Gasteiger partial charge in [-0.1, -0.05) is 0 Å². The zero-order valence-corrected chi connectivity index (χ0v) is 18.7. The van der Waals surface area contributed by atoms with E-state index in [-0.39, 0.29) is 5.54 Å². The first-order chi connectivity index (χ1) is 16.0. The number of nitriles is 1. The molecule has 0 amide bonds. The quantitative estimate of drug-likeness (QED) is 0.520. The molecule has 2 saturated carbocycles. The summed E-state index contributed by atoms with van der Waals surface area (Å²) in [6, 6.07) is 6.64. The van der Waals surface area contributed by atoms with Crippen LogP contribution < -0.4 is 5.73 Å². The number of hydrogen-bond acceptors (Lipinski definition) is 6. The summed E-state index contributed by atoms with van der Waals surface area (Å²) in [5.41, 5.74) is 10.4. The number of aromatic nitrogens is 7. The molecule has 2 N–H and O–H groups in total. The van der Waals surface area contributed by atoms with E-state index in [0.717, 1.165) is 66.7 Å². The molecule has 0 atom stereocenters. The third-order valence-electron chi connectivity index (χ3n) is 7.61. The zero-order valence-electron chi connectivity index (χ0n) is 18.7. The van der Waals surface area contributed by atoms with Gasteiger partial charge in [-0.3, -0.25) is 9.36 Å². The molecule has 0 saturated heterocycles. The second kappa shape index (κ2) is 7.25. The van der Waals surface area contributed by atoms with Crippen LogP contribution in [0.1, 0.15) is 44.9 Å². The molecule has 1 spiro atoms. The number of nitrogens with two attached hydrogens (primary N) is 1. The number of rotatable bonds is 4. The standard InChI is InChI=1S/C24H27N9/c1-31-11-5-19(30-31)20-14-32-21(4-10-27-32)22(29-20)17-12-28-33(13-17)24(8-9-25)15-23(16-24)6-2-18(26)3-7-23/h4-5,10-14,18H,2-3,6-8,15-16,26H2,1H3/t18-,23?,24-. The Labute approximate surface area is 191 Å². The third kappa shape index (κ3) is 3.25. The predicted octanol–water partition coefficient (Wildman–Crippen LogP) is 3.28. The summed E-state index contributed by atoms with van der Waals surface area (Å²) in [5, 5.41) is 23.3. The van der Waals surface area contributed by atoms with Crippen LogP contribution in [0.5, 0.6) is 0 Å². The highest BCUT2D eigenvalue weighted by Crippen LogP contribution is 2.61. The highest BCUT2D eigenvalue weighted by Gasteiger charge is 2.56. The fourth-order valence-corrected chi connectivity index (χ4v) is 5.98. The van der Waals surface area contributed by atoms with Gasteiger partial charge >= 0.3 is 0 Å². The van der Waals surface area contributed by atoms with E-state index in [1.54, 1.807) is 10.9 Å². The second-order valence-electron chi connectivity index (χ2n) is 9.93. The molecule has 4 aromatic heterocycles. The van der Waals surface area contributed by atoms with E-state index in [1.165, 1.54) is 0 Å². The molecule has 4 aromatic rings. The van der Waals surface area contributed by atoms with Crippen LogP contribution in [0, 0.1) is 16.7 Å². The molecule has 6 rings (SSSR count). The lowest BCUT2D eigenvalue weighted by atomic mass is 9.51. The van der Waals surface area contributed by atoms with Crippen molar-refractivity contribution < 1.29 is 0 Å². The molecule has 4 heterocycles. The minimum Gasteiger partial charge on any atom is -0.328 e. The van der Waals surface area contributed by atoms with Gasteiger partial charge in [-0.05, 0) is 56.1 Å². The van der Waals surface area contributed by atoms with Crippen molar-refractivity contribution in [2.75, 3.05) is 0 Å². The van der Waals surface area contributed by atoms with Gasteiger partial charge in [-0.2, -0.15) is 20.6 Å². The molecular formula is C24H27N9. The molecule has 2 aliphatic carbocycles. The Morgan fingerprint density at radius 3 is 2.70 bits per heavy atom. The summed E-state index contributed by atoms with van der Waals surface area (Å²) < 4.78 is 5.61. The van der Waals surface area contributed by atoms with Gasteiger partial charge in [-0.25, -0.2) is 9.50 Å². The van der Waals surface area contributed by atoms with E-state index < -0.39 is 0 Å². The summed E-state index contributed by atoms with van der Waals surface area (Å²) in [5.74, 6) is 0. The van der Waals surface area contributed by atoms with Crippen LogP contribution in [0.4, 0.5) is 0 Å². The average Bonchev–Trinajstić information content (AvgIpc) is 3.54. The van der Waals surface area contributed by atoms with E-state index in [0.29, 0.717) is 17.9 Å². The van der Waals surface area contributed by atoms with Crippen molar-refractivity contribution >= 4 is 5.52 Å². The van der Waals surface area contributed by atoms with Crippen molar-refractivity contribution in [3.8, 4) is 28.7 Å². The molecule has 0 aromatic carbocycles. The minimum atomic E-state index is -0.246. The molecular weight excluding hydrogens is 414 g/mol. The number of aryl methyl sites for hydroxylation is 1. The molecule has 0 unspecified atom stereocenters. The smallest absolute Gasteiger partial charge is 0.112 e. The number of hydrogen-bond donors (Lipinski definition) is 1. The zero-order chi connectivity index (χ0) is 22.6.